The van der Waals surface area contributed by atoms with Crippen molar-refractivity contribution >= 4 is 5.91 Å². The van der Waals surface area contributed by atoms with Gasteiger partial charge in [0, 0.05) is 44.8 Å². The lowest BCUT2D eigenvalue weighted by Crippen LogP contribution is -2.59. The minimum absolute atomic E-state index is 0.349. The maximum atomic E-state index is 12.9. The van der Waals surface area contributed by atoms with Crippen molar-refractivity contribution in [1.29, 1.82) is 0 Å². The summed E-state index contributed by atoms with van der Waals surface area (Å²) >= 11 is 0. The molecule has 1 aromatic heterocycles. The van der Waals surface area contributed by atoms with E-state index in [0.717, 1.165) is 31.2 Å². The van der Waals surface area contributed by atoms with Crippen LogP contribution in [0.3, 0.4) is 0 Å². The van der Waals surface area contributed by atoms with Crippen LogP contribution >= 0.6 is 0 Å². The summed E-state index contributed by atoms with van der Waals surface area (Å²) in [5.74, 6) is 1.75. The average molecular weight is 345 g/mol. The molecule has 3 saturated heterocycles. The molecule has 0 saturated carbocycles. The van der Waals surface area contributed by atoms with Crippen LogP contribution < -0.4 is 0 Å². The van der Waals surface area contributed by atoms with Crippen LogP contribution in [-0.2, 0) is 18.3 Å². The summed E-state index contributed by atoms with van der Waals surface area (Å²) in [4.78, 5) is 17.8. The van der Waals surface area contributed by atoms with E-state index in [-0.39, 0.29) is 0 Å². The van der Waals surface area contributed by atoms with Crippen LogP contribution in [-0.4, -0.2) is 57.7 Å². The lowest BCUT2D eigenvalue weighted by atomic mass is 9.76. The predicted molar refractivity (Wildman–Crippen MR) is 98.4 cm³/mol. The number of amides is 1. The summed E-state index contributed by atoms with van der Waals surface area (Å²) < 4.78 is 1.93. The Labute approximate surface area is 151 Å². The molecule has 0 N–H and O–H groups in total. The van der Waals surface area contributed by atoms with Gasteiger partial charge in [-0.3, -0.25) is 14.4 Å². The van der Waals surface area contributed by atoms with Gasteiger partial charge in [-0.2, -0.15) is 5.10 Å². The molecular formula is C20H32N4O. The zero-order valence-electron chi connectivity index (χ0n) is 16.0. The number of aryl methyl sites for hydroxylation is 2. The van der Waals surface area contributed by atoms with Gasteiger partial charge >= 0.3 is 0 Å². The highest BCUT2D eigenvalue weighted by Gasteiger charge is 2.42. The number of fused-ring (bicyclic) bond motifs is 4. The predicted octanol–water partition coefficient (Wildman–Crippen LogP) is 2.30. The Bertz CT molecular complexity index is 652. The first-order chi connectivity index (χ1) is 12.0. The van der Waals surface area contributed by atoms with Crippen molar-refractivity contribution in [3.8, 4) is 0 Å². The highest BCUT2D eigenvalue weighted by Crippen LogP contribution is 2.37. The molecule has 0 radical (unpaired) electrons. The molecule has 0 unspecified atom stereocenters. The molecule has 5 heteroatoms. The summed E-state index contributed by atoms with van der Waals surface area (Å²) in [5, 5.41) is 4.48. The third-order valence-electron chi connectivity index (χ3n) is 6.87. The van der Waals surface area contributed by atoms with Crippen LogP contribution in [0.15, 0.2) is 0 Å². The molecule has 0 aliphatic carbocycles. The Morgan fingerprint density at radius 1 is 1.20 bits per heavy atom. The zero-order valence-corrected chi connectivity index (χ0v) is 16.0. The van der Waals surface area contributed by atoms with Gasteiger partial charge in [0.1, 0.15) is 0 Å². The Hall–Kier alpha value is -1.36. The van der Waals surface area contributed by atoms with Crippen molar-refractivity contribution in [3.63, 3.8) is 0 Å². The van der Waals surface area contributed by atoms with Crippen molar-refractivity contribution in [3.05, 3.63) is 17.0 Å². The fourth-order valence-electron chi connectivity index (χ4n) is 5.54. The van der Waals surface area contributed by atoms with Gasteiger partial charge in [-0.05, 0) is 63.5 Å². The van der Waals surface area contributed by atoms with Crippen molar-refractivity contribution in [1.82, 2.24) is 19.6 Å². The topological polar surface area (TPSA) is 41.4 Å². The van der Waals surface area contributed by atoms with Crippen molar-refractivity contribution in [2.24, 2.45) is 18.9 Å². The number of likely N-dealkylation sites (tertiary alicyclic amines) is 1. The highest BCUT2D eigenvalue weighted by atomic mass is 16.2. The van der Waals surface area contributed by atoms with Crippen LogP contribution in [0.1, 0.15) is 49.1 Å². The van der Waals surface area contributed by atoms with Gasteiger partial charge in [-0.15, -0.1) is 0 Å². The second kappa shape index (κ2) is 6.75. The number of nitrogens with zero attached hydrogens (tertiary/aromatic N) is 4. The van der Waals surface area contributed by atoms with Gasteiger partial charge in [0.25, 0.3) is 0 Å². The first-order valence-electron chi connectivity index (χ1n) is 10.0. The molecule has 4 rings (SSSR count). The fraction of sp³-hybridized carbons (Fsp3) is 0.800. The molecule has 1 amide bonds. The van der Waals surface area contributed by atoms with Gasteiger partial charge in [0.2, 0.25) is 5.91 Å². The van der Waals surface area contributed by atoms with Crippen molar-refractivity contribution in [2.75, 3.05) is 26.2 Å². The molecule has 1 aromatic rings. The lowest BCUT2D eigenvalue weighted by Gasteiger charge is -2.52. The molecule has 4 heterocycles. The first kappa shape index (κ1) is 17.1. The maximum Gasteiger partial charge on any atom is 0.222 e. The lowest BCUT2D eigenvalue weighted by molar-refractivity contribution is -0.137. The number of carbonyl (C=O) groups excluding carboxylic acids is 1. The fourth-order valence-corrected chi connectivity index (χ4v) is 5.54. The van der Waals surface area contributed by atoms with Gasteiger partial charge in [-0.25, -0.2) is 0 Å². The highest BCUT2D eigenvalue weighted by molar-refractivity contribution is 5.76. The SMILES string of the molecule is Cc1nn(C)c(C)c1CCC(=O)N1C[C@@H]2C[C@H](C1)[C@@H]1CCCCN1C2. The molecule has 138 valence electrons. The molecule has 2 bridgehead atoms. The number of rotatable bonds is 3. The van der Waals surface area contributed by atoms with Gasteiger partial charge < -0.3 is 4.90 Å². The molecule has 0 aromatic carbocycles. The summed E-state index contributed by atoms with van der Waals surface area (Å²) in [6, 6.07) is 0.739. The van der Waals surface area contributed by atoms with E-state index >= 15 is 0 Å². The molecule has 5 nitrogen and oxygen atoms in total. The molecule has 3 fully saturated rings. The van der Waals surface area contributed by atoms with E-state index in [2.05, 4.69) is 28.7 Å². The number of aromatic nitrogens is 2. The van der Waals surface area contributed by atoms with Gasteiger partial charge in [-0.1, -0.05) is 6.42 Å². The van der Waals surface area contributed by atoms with Crippen LogP contribution in [0.2, 0.25) is 0 Å². The van der Waals surface area contributed by atoms with Crippen LogP contribution in [0.25, 0.3) is 0 Å². The van der Waals surface area contributed by atoms with Gasteiger partial charge in [0.15, 0.2) is 0 Å². The van der Waals surface area contributed by atoms with E-state index in [4.69, 9.17) is 0 Å². The van der Waals surface area contributed by atoms with Crippen LogP contribution in [0.4, 0.5) is 0 Å². The molecule has 3 aliphatic rings. The zero-order chi connectivity index (χ0) is 17.6. The van der Waals surface area contributed by atoms with E-state index in [1.165, 1.54) is 50.0 Å². The standard InChI is InChI=1S/C20H32N4O/c1-14-18(15(2)22(3)21-14)7-8-20(25)24-12-16-10-17(13-24)19-6-4-5-9-23(19)11-16/h16-17,19H,4-13H2,1-3H3/t16-,17-,19+/m1/s1. The number of hydrogen-bond acceptors (Lipinski definition) is 3. The maximum absolute atomic E-state index is 12.9. The summed E-state index contributed by atoms with van der Waals surface area (Å²) in [6.45, 7) is 8.61. The van der Waals surface area contributed by atoms with E-state index < -0.39 is 0 Å². The summed E-state index contributed by atoms with van der Waals surface area (Å²) in [5.41, 5.74) is 3.52. The first-order valence-corrected chi connectivity index (χ1v) is 10.0. The van der Waals surface area contributed by atoms with E-state index in [9.17, 15) is 4.79 Å². The largest absolute Gasteiger partial charge is 0.342 e. The number of hydrogen-bond donors (Lipinski definition) is 0. The molecule has 3 atom stereocenters. The molecule has 25 heavy (non-hydrogen) atoms. The molecule has 0 spiro atoms. The average Bonchev–Trinajstić information content (AvgIpc) is 2.84. The van der Waals surface area contributed by atoms with E-state index in [1.54, 1.807) is 0 Å². The monoisotopic (exact) mass is 344 g/mol. The third-order valence-corrected chi connectivity index (χ3v) is 6.87. The minimum atomic E-state index is 0.349. The Morgan fingerprint density at radius 2 is 2.04 bits per heavy atom. The Kier molecular flexibility index (Phi) is 4.61. The second-order valence-electron chi connectivity index (χ2n) is 8.49. The van der Waals surface area contributed by atoms with Crippen molar-refractivity contribution < 1.29 is 4.79 Å². The Morgan fingerprint density at radius 3 is 2.80 bits per heavy atom. The second-order valence-corrected chi connectivity index (χ2v) is 8.49. The van der Waals surface area contributed by atoms with Crippen LogP contribution in [0.5, 0.6) is 0 Å². The molecular weight excluding hydrogens is 312 g/mol. The normalized spacial score (nSPS) is 29.6. The van der Waals surface area contributed by atoms with E-state index in [0.29, 0.717) is 24.2 Å². The smallest absolute Gasteiger partial charge is 0.222 e. The van der Waals surface area contributed by atoms with Gasteiger partial charge in [0.05, 0.1) is 5.69 Å². The summed E-state index contributed by atoms with van der Waals surface area (Å²) in [6.07, 6.45) is 6.87. The number of piperidine rings is 3. The quantitative estimate of drug-likeness (QED) is 0.845. The summed E-state index contributed by atoms with van der Waals surface area (Å²) in [7, 11) is 1.98. The van der Waals surface area contributed by atoms with E-state index in [1.807, 2.05) is 11.7 Å². The Balaban J connectivity index is 1.38. The third kappa shape index (κ3) is 3.23. The minimum Gasteiger partial charge on any atom is -0.342 e. The molecule has 3 aliphatic heterocycles. The number of carbonyl (C=O) groups is 1. The van der Waals surface area contributed by atoms with Crippen LogP contribution in [0, 0.1) is 25.7 Å². The van der Waals surface area contributed by atoms with Crippen molar-refractivity contribution in [2.45, 2.75) is 58.4 Å².